The molecule has 0 saturated carbocycles. The number of hydrogen-bond acceptors (Lipinski definition) is 3. The Labute approximate surface area is 118 Å². The lowest BCUT2D eigenvalue weighted by Gasteiger charge is -2.22. The summed E-state index contributed by atoms with van der Waals surface area (Å²) >= 11 is 5.28. The zero-order valence-electron chi connectivity index (χ0n) is 9.47. The largest absolute Gasteiger partial charge is 0.523 e. The van der Waals surface area contributed by atoms with Gasteiger partial charge in [-0.05, 0) is 12.1 Å². The quantitative estimate of drug-likeness (QED) is 0.466. The third kappa shape index (κ3) is 4.20. The predicted molar refractivity (Wildman–Crippen MR) is 56.3 cm³/mol. The first-order valence-corrected chi connectivity index (χ1v) is 6.55. The van der Waals surface area contributed by atoms with Gasteiger partial charge >= 0.3 is 21.8 Å². The molecule has 0 heterocycles. The van der Waals surface area contributed by atoms with Crippen molar-refractivity contribution in [3.05, 3.63) is 34.6 Å². The van der Waals surface area contributed by atoms with Crippen LogP contribution in [-0.2, 0) is 14.3 Å². The lowest BCUT2D eigenvalue weighted by atomic mass is 10.1. The summed E-state index contributed by atoms with van der Waals surface area (Å²) in [5.74, 6) is -1.07. The molecule has 0 aliphatic rings. The van der Waals surface area contributed by atoms with Gasteiger partial charge in [-0.15, -0.1) is 0 Å². The minimum Gasteiger partial charge on any atom is -0.245 e. The summed E-state index contributed by atoms with van der Waals surface area (Å²) in [6.07, 6.45) is -9.04. The second-order valence-electron chi connectivity index (χ2n) is 3.58. The van der Waals surface area contributed by atoms with Crippen molar-refractivity contribution in [2.75, 3.05) is 0 Å². The summed E-state index contributed by atoms with van der Waals surface area (Å²) in [7, 11) is -6.53. The molecule has 0 N–H and O–H groups in total. The highest BCUT2D eigenvalue weighted by Gasteiger charge is 2.54. The molecule has 0 aliphatic heterocycles. The van der Waals surface area contributed by atoms with Crippen LogP contribution in [0.25, 0.3) is 0 Å². The lowest BCUT2D eigenvalue weighted by molar-refractivity contribution is -0.200. The summed E-state index contributed by atoms with van der Waals surface area (Å²) in [5.41, 5.74) is -7.22. The van der Waals surface area contributed by atoms with Crippen LogP contribution in [0.5, 0.6) is 0 Å². The standard InChI is InChI=1S/C9H4ClF7O3S/c10-6-3-4(11)1-2-5(6)7(8(12,13)14)20-21(18,19)9(15,16)17/h1-3,7H. The van der Waals surface area contributed by atoms with E-state index < -0.39 is 44.3 Å². The molecule has 0 fully saturated rings. The summed E-state index contributed by atoms with van der Waals surface area (Å²) in [5, 5.41) is -0.935. The van der Waals surface area contributed by atoms with Gasteiger partial charge in [-0.3, -0.25) is 0 Å². The van der Waals surface area contributed by atoms with E-state index in [-0.39, 0.29) is 0 Å². The van der Waals surface area contributed by atoms with Crippen LogP contribution in [0.1, 0.15) is 11.7 Å². The molecule has 12 heteroatoms. The Morgan fingerprint density at radius 3 is 2.00 bits per heavy atom. The molecule has 0 aliphatic carbocycles. The summed E-state index contributed by atoms with van der Waals surface area (Å²) in [6.45, 7) is 0. The second-order valence-corrected chi connectivity index (χ2v) is 5.55. The van der Waals surface area contributed by atoms with E-state index >= 15 is 0 Å². The summed E-state index contributed by atoms with van der Waals surface area (Å²) < 4.78 is 112. The molecule has 3 nitrogen and oxygen atoms in total. The molecular formula is C9H4ClF7O3S. The van der Waals surface area contributed by atoms with Crippen molar-refractivity contribution in [2.24, 2.45) is 0 Å². The van der Waals surface area contributed by atoms with E-state index in [9.17, 15) is 39.2 Å². The van der Waals surface area contributed by atoms with Crippen molar-refractivity contribution in [1.82, 2.24) is 0 Å². The Bertz CT molecular complexity index is 623. The molecule has 0 saturated heterocycles. The number of halogens is 8. The fraction of sp³-hybridized carbons (Fsp3) is 0.333. The smallest absolute Gasteiger partial charge is 0.245 e. The highest BCUT2D eigenvalue weighted by molar-refractivity contribution is 7.87. The first-order valence-electron chi connectivity index (χ1n) is 4.77. The van der Waals surface area contributed by atoms with Crippen molar-refractivity contribution in [3.63, 3.8) is 0 Å². The Hall–Kier alpha value is -1.07. The third-order valence-electron chi connectivity index (χ3n) is 2.05. The van der Waals surface area contributed by atoms with E-state index in [1.54, 1.807) is 0 Å². The van der Waals surface area contributed by atoms with Crippen molar-refractivity contribution >= 4 is 21.7 Å². The maximum absolute atomic E-state index is 12.7. The third-order valence-corrected chi connectivity index (χ3v) is 3.39. The Morgan fingerprint density at radius 1 is 1.10 bits per heavy atom. The van der Waals surface area contributed by atoms with Crippen LogP contribution in [0.4, 0.5) is 30.7 Å². The summed E-state index contributed by atoms with van der Waals surface area (Å²) in [4.78, 5) is 0. The van der Waals surface area contributed by atoms with Crippen molar-refractivity contribution < 1.29 is 43.3 Å². The maximum atomic E-state index is 12.7. The Morgan fingerprint density at radius 2 is 1.62 bits per heavy atom. The van der Waals surface area contributed by atoms with Crippen LogP contribution in [0.15, 0.2) is 18.2 Å². The van der Waals surface area contributed by atoms with Gasteiger partial charge in [0.2, 0.25) is 0 Å². The molecule has 0 bridgehead atoms. The minimum absolute atomic E-state index is 0.374. The van der Waals surface area contributed by atoms with E-state index in [1.807, 2.05) is 0 Å². The number of benzene rings is 1. The Kier molecular flexibility index (Phi) is 4.81. The molecule has 0 amide bonds. The SMILES string of the molecule is O=S(=O)(OC(c1ccc(F)cc1Cl)C(F)(F)F)C(F)(F)F. The van der Waals surface area contributed by atoms with Gasteiger partial charge in [0.25, 0.3) is 0 Å². The van der Waals surface area contributed by atoms with Crippen LogP contribution < -0.4 is 0 Å². The molecule has 0 aromatic heterocycles. The van der Waals surface area contributed by atoms with Crippen LogP contribution in [0, 0.1) is 5.82 Å². The average molecular weight is 361 g/mol. The molecule has 1 rings (SSSR count). The van der Waals surface area contributed by atoms with Crippen molar-refractivity contribution in [1.29, 1.82) is 0 Å². The normalized spacial score (nSPS) is 15.0. The van der Waals surface area contributed by atoms with Crippen molar-refractivity contribution in [3.8, 4) is 0 Å². The lowest BCUT2D eigenvalue weighted by Crippen LogP contribution is -2.33. The first-order chi connectivity index (χ1) is 9.25. The fourth-order valence-electron chi connectivity index (χ4n) is 1.18. The van der Waals surface area contributed by atoms with Gasteiger partial charge in [0.05, 0.1) is 0 Å². The van der Waals surface area contributed by atoms with Gasteiger partial charge < -0.3 is 0 Å². The van der Waals surface area contributed by atoms with Crippen LogP contribution in [0.3, 0.4) is 0 Å². The second kappa shape index (κ2) is 5.61. The summed E-state index contributed by atoms with van der Waals surface area (Å²) in [6, 6.07) is 1.21. The van der Waals surface area contributed by atoms with Gasteiger partial charge in [-0.25, -0.2) is 8.57 Å². The minimum atomic E-state index is -6.53. The highest BCUT2D eigenvalue weighted by atomic mass is 35.5. The van der Waals surface area contributed by atoms with E-state index in [0.29, 0.717) is 18.2 Å². The molecule has 0 radical (unpaired) electrons. The topological polar surface area (TPSA) is 43.4 Å². The number of rotatable bonds is 3. The molecule has 0 spiro atoms. The van der Waals surface area contributed by atoms with Gasteiger partial charge in [-0.1, -0.05) is 17.7 Å². The molecule has 1 aromatic rings. The monoisotopic (exact) mass is 360 g/mol. The van der Waals surface area contributed by atoms with Crippen LogP contribution in [0.2, 0.25) is 5.02 Å². The van der Waals surface area contributed by atoms with Gasteiger partial charge in [-0.2, -0.15) is 34.8 Å². The molecule has 1 atom stereocenters. The van der Waals surface area contributed by atoms with Gasteiger partial charge in [0.1, 0.15) is 5.82 Å². The maximum Gasteiger partial charge on any atom is 0.523 e. The van der Waals surface area contributed by atoms with Crippen molar-refractivity contribution in [2.45, 2.75) is 17.8 Å². The van der Waals surface area contributed by atoms with Gasteiger partial charge in [0, 0.05) is 10.6 Å². The zero-order valence-corrected chi connectivity index (χ0v) is 11.0. The molecule has 21 heavy (non-hydrogen) atoms. The fourth-order valence-corrected chi connectivity index (χ4v) is 2.02. The average Bonchev–Trinajstić information content (AvgIpc) is 2.23. The zero-order chi connectivity index (χ0) is 16.6. The Balaban J connectivity index is 3.33. The van der Waals surface area contributed by atoms with E-state index in [0.717, 1.165) is 0 Å². The first kappa shape index (κ1) is 18.0. The number of alkyl halides is 6. The predicted octanol–water partition coefficient (Wildman–Crippen LogP) is 3.95. The van der Waals surface area contributed by atoms with Crippen LogP contribution >= 0.6 is 11.6 Å². The van der Waals surface area contributed by atoms with E-state index in [1.165, 1.54) is 0 Å². The molecular weight excluding hydrogens is 357 g/mol. The van der Waals surface area contributed by atoms with Gasteiger partial charge in [0.15, 0.2) is 6.10 Å². The van der Waals surface area contributed by atoms with E-state index in [2.05, 4.69) is 4.18 Å². The highest BCUT2D eigenvalue weighted by Crippen LogP contribution is 2.42. The molecule has 1 unspecified atom stereocenters. The molecule has 1 aromatic carbocycles. The number of hydrogen-bond donors (Lipinski definition) is 0. The van der Waals surface area contributed by atoms with Crippen LogP contribution in [-0.4, -0.2) is 20.1 Å². The molecule has 120 valence electrons. The van der Waals surface area contributed by atoms with E-state index in [4.69, 9.17) is 11.6 Å².